The highest BCUT2D eigenvalue weighted by Gasteiger charge is 2.25. The van der Waals surface area contributed by atoms with Gasteiger partial charge in [-0.05, 0) is 49.8 Å². The summed E-state index contributed by atoms with van der Waals surface area (Å²) in [4.78, 5) is 16.6. The number of ether oxygens (including phenoxy) is 2. The van der Waals surface area contributed by atoms with Gasteiger partial charge in [-0.1, -0.05) is 38.0 Å². The Kier molecular flexibility index (Phi) is 9.02. The Labute approximate surface area is 195 Å². The fourth-order valence-corrected chi connectivity index (χ4v) is 5.49. The number of esters is 1. The zero-order valence-electron chi connectivity index (χ0n) is 18.9. The van der Waals surface area contributed by atoms with Crippen molar-refractivity contribution in [3.8, 4) is 5.75 Å². The lowest BCUT2D eigenvalue weighted by atomic mass is 10.0. The quantitative estimate of drug-likeness (QED) is 0.309. The van der Waals surface area contributed by atoms with Crippen LogP contribution in [-0.4, -0.2) is 38.2 Å². The van der Waals surface area contributed by atoms with Crippen molar-refractivity contribution in [1.82, 2.24) is 0 Å². The van der Waals surface area contributed by atoms with Crippen LogP contribution in [0.4, 0.5) is 11.4 Å². The number of hydrogen-bond acceptors (Lipinski definition) is 6. The maximum atomic E-state index is 11.8. The molecule has 1 aliphatic heterocycles. The summed E-state index contributed by atoms with van der Waals surface area (Å²) >= 11 is 3.60. The minimum absolute atomic E-state index is 0.246. The summed E-state index contributed by atoms with van der Waals surface area (Å²) in [5.41, 5.74) is 2.47. The molecule has 6 heteroatoms. The van der Waals surface area contributed by atoms with Crippen LogP contribution < -0.4 is 9.64 Å². The molecule has 2 atom stereocenters. The minimum Gasteiger partial charge on any atom is -0.491 e. The van der Waals surface area contributed by atoms with Crippen LogP contribution in [-0.2, 0) is 9.53 Å². The molecule has 0 aliphatic carbocycles. The lowest BCUT2D eigenvalue weighted by molar-refractivity contribution is -0.145. The van der Waals surface area contributed by atoms with Crippen LogP contribution in [0.25, 0.3) is 0 Å². The Morgan fingerprint density at radius 3 is 2.74 bits per heavy atom. The molecular weight excluding hydrogens is 426 g/mol. The number of carbonyl (C=O) groups excluding carboxylic acids is 1. The van der Waals surface area contributed by atoms with Crippen molar-refractivity contribution in [2.45, 2.75) is 42.9 Å². The molecule has 2 aromatic carbocycles. The molecule has 4 nitrogen and oxygen atoms in total. The standard InChI is InChI=1S/C25H33NO3S2/c1-5-6-10-19-15-26(20-11-8-7-9-12-20)21-13-24(30-4)22(14-23(21)31-17-19)29-16-18(2)25(27)28-3/h7-9,11-14,18-19H,5-6,10,15-17H2,1-4H3/t18?,19-/m0/s1. The molecule has 1 heterocycles. The highest BCUT2D eigenvalue weighted by molar-refractivity contribution is 7.99. The van der Waals surface area contributed by atoms with Gasteiger partial charge in [-0.3, -0.25) is 4.79 Å². The molecule has 0 spiro atoms. The van der Waals surface area contributed by atoms with Crippen molar-refractivity contribution in [3.05, 3.63) is 42.5 Å². The molecule has 0 radical (unpaired) electrons. The smallest absolute Gasteiger partial charge is 0.311 e. The lowest BCUT2D eigenvalue weighted by Crippen LogP contribution is -2.25. The third-order valence-electron chi connectivity index (χ3n) is 5.58. The summed E-state index contributed by atoms with van der Waals surface area (Å²) in [5.74, 6) is 2.04. The van der Waals surface area contributed by atoms with Crippen LogP contribution in [0.3, 0.4) is 0 Å². The van der Waals surface area contributed by atoms with Crippen LogP contribution in [0.5, 0.6) is 5.75 Å². The number of para-hydroxylation sites is 1. The predicted molar refractivity (Wildman–Crippen MR) is 132 cm³/mol. The maximum Gasteiger partial charge on any atom is 0.311 e. The second-order valence-electron chi connectivity index (χ2n) is 7.97. The summed E-state index contributed by atoms with van der Waals surface area (Å²) in [6.07, 6.45) is 5.81. The van der Waals surface area contributed by atoms with Crippen molar-refractivity contribution in [3.63, 3.8) is 0 Å². The Balaban J connectivity index is 1.93. The van der Waals surface area contributed by atoms with Gasteiger partial charge in [0.2, 0.25) is 0 Å². The first-order valence-electron chi connectivity index (χ1n) is 10.9. The van der Waals surface area contributed by atoms with E-state index in [1.807, 2.05) is 18.7 Å². The molecule has 1 unspecified atom stereocenters. The summed E-state index contributed by atoms with van der Waals surface area (Å²) in [7, 11) is 1.42. The molecule has 1 aliphatic rings. The number of hydrogen-bond donors (Lipinski definition) is 0. The van der Waals surface area contributed by atoms with Gasteiger partial charge in [-0.25, -0.2) is 0 Å². The maximum absolute atomic E-state index is 11.8. The van der Waals surface area contributed by atoms with Crippen molar-refractivity contribution in [1.29, 1.82) is 0 Å². The third-order valence-corrected chi connectivity index (χ3v) is 7.61. The van der Waals surface area contributed by atoms with Gasteiger partial charge in [-0.2, -0.15) is 0 Å². The second kappa shape index (κ2) is 11.7. The van der Waals surface area contributed by atoms with E-state index in [0.29, 0.717) is 12.5 Å². The largest absolute Gasteiger partial charge is 0.491 e. The molecule has 0 bridgehead atoms. The fourth-order valence-electron chi connectivity index (χ4n) is 3.75. The first-order valence-corrected chi connectivity index (χ1v) is 13.2. The molecule has 0 aromatic heterocycles. The van der Waals surface area contributed by atoms with Crippen LogP contribution >= 0.6 is 23.5 Å². The first kappa shape index (κ1) is 23.9. The van der Waals surface area contributed by atoms with E-state index in [0.717, 1.165) is 22.9 Å². The van der Waals surface area contributed by atoms with E-state index in [9.17, 15) is 4.79 Å². The number of nitrogens with zero attached hydrogens (tertiary/aromatic N) is 1. The number of thioether (sulfide) groups is 2. The number of methoxy groups -OCH3 is 1. The van der Waals surface area contributed by atoms with Gasteiger partial charge in [0.05, 0.1) is 23.6 Å². The van der Waals surface area contributed by atoms with Gasteiger partial charge in [0, 0.05) is 22.9 Å². The average molecular weight is 460 g/mol. The Morgan fingerprint density at radius 2 is 2.06 bits per heavy atom. The summed E-state index contributed by atoms with van der Waals surface area (Å²) in [6, 6.07) is 15.1. The number of rotatable bonds is 9. The molecule has 0 fully saturated rings. The van der Waals surface area contributed by atoms with E-state index in [4.69, 9.17) is 9.47 Å². The highest BCUT2D eigenvalue weighted by atomic mass is 32.2. The molecule has 0 saturated carbocycles. The van der Waals surface area contributed by atoms with Crippen molar-refractivity contribution in [2.75, 3.05) is 37.2 Å². The van der Waals surface area contributed by atoms with Gasteiger partial charge >= 0.3 is 5.97 Å². The van der Waals surface area contributed by atoms with E-state index in [2.05, 4.69) is 60.5 Å². The number of unbranched alkanes of at least 4 members (excludes halogenated alkanes) is 1. The highest BCUT2D eigenvalue weighted by Crippen LogP contribution is 2.45. The zero-order valence-corrected chi connectivity index (χ0v) is 20.6. The van der Waals surface area contributed by atoms with Crippen LogP contribution in [0.2, 0.25) is 0 Å². The molecule has 0 N–H and O–H groups in total. The van der Waals surface area contributed by atoms with Crippen LogP contribution in [0.15, 0.2) is 52.3 Å². The van der Waals surface area contributed by atoms with Crippen LogP contribution in [0.1, 0.15) is 33.1 Å². The first-order chi connectivity index (χ1) is 15.1. The normalized spacial score (nSPS) is 16.9. The van der Waals surface area contributed by atoms with E-state index in [1.165, 1.54) is 42.6 Å². The monoisotopic (exact) mass is 459 g/mol. The Bertz CT molecular complexity index is 859. The van der Waals surface area contributed by atoms with Gasteiger partial charge < -0.3 is 14.4 Å². The van der Waals surface area contributed by atoms with E-state index in [-0.39, 0.29) is 11.9 Å². The molecular formula is C25H33NO3S2. The summed E-state index contributed by atoms with van der Waals surface area (Å²) < 4.78 is 10.9. The summed E-state index contributed by atoms with van der Waals surface area (Å²) in [6.45, 7) is 5.43. The average Bonchev–Trinajstić information content (AvgIpc) is 2.99. The summed E-state index contributed by atoms with van der Waals surface area (Å²) in [5, 5.41) is 0. The van der Waals surface area contributed by atoms with Gasteiger partial charge in [0.1, 0.15) is 12.4 Å². The molecule has 0 saturated heterocycles. The van der Waals surface area contributed by atoms with Gasteiger partial charge in [0.15, 0.2) is 0 Å². The van der Waals surface area contributed by atoms with E-state index >= 15 is 0 Å². The van der Waals surface area contributed by atoms with Crippen molar-refractivity contribution in [2.24, 2.45) is 11.8 Å². The predicted octanol–water partition coefficient (Wildman–Crippen LogP) is 6.65. The Morgan fingerprint density at radius 1 is 1.29 bits per heavy atom. The third kappa shape index (κ3) is 6.13. The topological polar surface area (TPSA) is 38.8 Å². The van der Waals surface area contributed by atoms with Crippen LogP contribution in [0, 0.1) is 11.8 Å². The number of fused-ring (bicyclic) bond motifs is 1. The number of carbonyl (C=O) groups is 1. The Hall–Kier alpha value is -1.79. The van der Waals surface area contributed by atoms with E-state index in [1.54, 1.807) is 11.8 Å². The second-order valence-corrected chi connectivity index (χ2v) is 9.88. The number of anilines is 2. The molecule has 168 valence electrons. The van der Waals surface area contributed by atoms with Gasteiger partial charge in [0.25, 0.3) is 0 Å². The lowest BCUT2D eigenvalue weighted by Gasteiger charge is -2.28. The van der Waals surface area contributed by atoms with Crippen molar-refractivity contribution < 1.29 is 14.3 Å². The van der Waals surface area contributed by atoms with Gasteiger partial charge in [-0.15, -0.1) is 23.5 Å². The molecule has 0 amide bonds. The van der Waals surface area contributed by atoms with E-state index < -0.39 is 0 Å². The minimum atomic E-state index is -0.301. The van der Waals surface area contributed by atoms with Crippen molar-refractivity contribution >= 4 is 40.9 Å². The SMILES string of the molecule is CCCC[C@@H]1CSc2cc(OCC(C)C(=O)OC)c(SC)cc2N(c2ccccc2)C1. The molecule has 2 aromatic rings. The zero-order chi connectivity index (χ0) is 22.2. The molecule has 31 heavy (non-hydrogen) atoms. The number of benzene rings is 2. The fraction of sp³-hybridized carbons (Fsp3) is 0.480. The molecule has 3 rings (SSSR count).